The van der Waals surface area contributed by atoms with Crippen molar-refractivity contribution >= 4 is 17.9 Å². The van der Waals surface area contributed by atoms with Crippen LogP contribution in [0.2, 0.25) is 0 Å². The minimum atomic E-state index is -1.53. The summed E-state index contributed by atoms with van der Waals surface area (Å²) in [4.78, 5) is 37.7. The molecule has 0 saturated carbocycles. The van der Waals surface area contributed by atoms with Crippen LogP contribution in [-0.2, 0) is 33.3 Å². The molecule has 524 valence electrons. The van der Waals surface area contributed by atoms with Gasteiger partial charge in [0.05, 0.1) is 34.4 Å². The molecule has 0 aromatic heterocycles. The first-order valence-corrected chi connectivity index (χ1v) is 36.9. The van der Waals surface area contributed by atoms with Gasteiger partial charge in [0.15, 0.2) is 6.10 Å². The van der Waals surface area contributed by atoms with Crippen molar-refractivity contribution in [2.24, 2.45) is 0 Å². The maximum Gasteiger partial charge on any atom is 0.361 e. The lowest BCUT2D eigenvalue weighted by Crippen LogP contribution is -2.40. The third-order valence-corrected chi connectivity index (χ3v) is 15.2. The number of likely N-dealkylation sites (N-methyl/N-ethyl adjacent to an activating group) is 1. The van der Waals surface area contributed by atoms with Gasteiger partial charge in [0.25, 0.3) is 6.29 Å². The summed E-state index contributed by atoms with van der Waals surface area (Å²) in [6, 6.07) is 0. The number of carbonyl (C=O) groups is 3. The van der Waals surface area contributed by atoms with Gasteiger partial charge in [0.1, 0.15) is 13.2 Å². The number of carboxylic acids is 1. The molecule has 0 amide bonds. The van der Waals surface area contributed by atoms with Crippen LogP contribution in [0.15, 0.2) is 182 Å². The number of hydrogen-bond acceptors (Lipinski definition) is 7. The first-order valence-electron chi connectivity index (χ1n) is 36.9. The Morgan fingerprint density at radius 3 is 0.860 bits per heavy atom. The van der Waals surface area contributed by atoms with Crippen LogP contribution in [0.4, 0.5) is 0 Å². The molecule has 0 saturated heterocycles. The Morgan fingerprint density at radius 2 is 0.581 bits per heavy atom. The van der Waals surface area contributed by atoms with Crippen molar-refractivity contribution in [3.63, 3.8) is 0 Å². The lowest BCUT2D eigenvalue weighted by atomic mass is 10.0. The first kappa shape index (κ1) is 87.4. The second kappa shape index (κ2) is 72.2. The number of unbranched alkanes of at least 4 members (excludes halogenated alkanes) is 21. The van der Waals surface area contributed by atoms with Crippen molar-refractivity contribution in [1.29, 1.82) is 0 Å². The Bertz CT molecular complexity index is 2190. The van der Waals surface area contributed by atoms with Crippen LogP contribution in [0.25, 0.3) is 0 Å². The maximum atomic E-state index is 13.0. The summed E-state index contributed by atoms with van der Waals surface area (Å²) < 4.78 is 23.0. The van der Waals surface area contributed by atoms with Crippen LogP contribution in [0, 0.1) is 0 Å². The van der Waals surface area contributed by atoms with Gasteiger partial charge in [-0.3, -0.25) is 9.59 Å². The lowest BCUT2D eigenvalue weighted by molar-refractivity contribution is -0.870. The number of carbonyl (C=O) groups excluding carboxylic acids is 2. The van der Waals surface area contributed by atoms with Gasteiger partial charge in [-0.2, -0.15) is 0 Å². The minimum Gasteiger partial charge on any atom is -0.477 e. The van der Waals surface area contributed by atoms with Crippen LogP contribution in [-0.4, -0.2) is 87.4 Å². The summed E-state index contributed by atoms with van der Waals surface area (Å²) in [7, 11) is 5.96. The number of esters is 2. The SMILES string of the molecule is CC/C=C\C/C=C\C/C=C\C/C=C\C/C=C\C/C=C\C/C=C\C/C=C\CCCCCCCCCCCCCCCCCCC(=O)OC(COC(=O)CCCCCCC/C=C\C/C=C\C/C=C\C/C=C\C/C=C\C/C=C\C/C=C\CC)COC(OCC[N+](C)(C)C)C(=O)O. The molecule has 2 atom stereocenters. The van der Waals surface area contributed by atoms with Gasteiger partial charge in [0, 0.05) is 12.8 Å². The standard InChI is InChI=1S/C84H135NO8/c1-6-8-10-12-14-16-18-20-22-24-26-28-30-32-34-35-36-37-38-39-40-41-42-43-44-45-46-47-49-51-53-55-57-59-61-63-65-67-69-71-73-75-82(87)93-80(79-92-84(83(88)89)90-77-76-85(3,4)5)78-91-81(86)74-72-70-68-66-64-62-60-58-56-54-52-50-48-33-31-29-27-25-23-21-19-17-15-13-11-9-7-2/h8-11,14-17,20-23,26-29,32-34,36-37,39-40,42-43,48,52,54,58,60,80,84H,6-7,12-13,18-19,24-25,30-31,35,38,41,44-47,49-51,53,55-57,59,61-79H2,1-5H3/p+1/b10-8-,11-9-,16-14-,17-15-,22-20-,23-21-,28-26-,29-27-,34-32-,37-36-,40-39-,43-42-,48-33-,54-52-,60-58-. The monoisotopic (exact) mass is 1290 g/mol. The number of hydrogen-bond donors (Lipinski definition) is 1. The molecule has 0 heterocycles. The van der Waals surface area contributed by atoms with E-state index in [4.69, 9.17) is 18.9 Å². The van der Waals surface area contributed by atoms with Crippen molar-refractivity contribution in [3.05, 3.63) is 182 Å². The van der Waals surface area contributed by atoms with Crippen molar-refractivity contribution in [1.82, 2.24) is 0 Å². The van der Waals surface area contributed by atoms with E-state index in [1.807, 2.05) is 21.1 Å². The number of ether oxygens (including phenoxy) is 4. The summed E-state index contributed by atoms with van der Waals surface area (Å²) in [6.45, 7) is 4.62. The Morgan fingerprint density at radius 1 is 0.323 bits per heavy atom. The Labute approximate surface area is 570 Å². The number of allylic oxidation sites excluding steroid dienone is 30. The average Bonchev–Trinajstić information content (AvgIpc) is 3.38. The molecule has 0 aromatic rings. The molecule has 2 unspecified atom stereocenters. The van der Waals surface area contributed by atoms with Gasteiger partial charge < -0.3 is 28.5 Å². The van der Waals surface area contributed by atoms with E-state index < -0.39 is 24.3 Å². The van der Waals surface area contributed by atoms with Crippen molar-refractivity contribution in [2.75, 3.05) is 47.5 Å². The molecular weight excluding hydrogens is 1150 g/mol. The Hall–Kier alpha value is -5.61. The lowest BCUT2D eigenvalue weighted by Gasteiger charge is -2.25. The zero-order valence-electron chi connectivity index (χ0n) is 59.8. The zero-order chi connectivity index (χ0) is 67.5. The minimum absolute atomic E-state index is 0.176. The maximum absolute atomic E-state index is 13.0. The van der Waals surface area contributed by atoms with Crippen molar-refractivity contribution in [3.8, 4) is 0 Å². The van der Waals surface area contributed by atoms with Gasteiger partial charge in [-0.05, 0) is 135 Å². The third-order valence-electron chi connectivity index (χ3n) is 15.2. The van der Waals surface area contributed by atoms with Crippen LogP contribution in [0.1, 0.15) is 271 Å². The second-order valence-electron chi connectivity index (χ2n) is 25.1. The number of rotatable bonds is 66. The first-order chi connectivity index (χ1) is 45.6. The Balaban J connectivity index is 4.14. The van der Waals surface area contributed by atoms with E-state index in [2.05, 4.69) is 196 Å². The van der Waals surface area contributed by atoms with E-state index >= 15 is 0 Å². The topological polar surface area (TPSA) is 108 Å². The van der Waals surface area contributed by atoms with E-state index in [0.717, 1.165) is 148 Å². The molecule has 0 aliphatic rings. The molecule has 0 fully saturated rings. The summed E-state index contributed by atoms with van der Waals surface area (Å²) in [5.41, 5.74) is 0. The van der Waals surface area contributed by atoms with Crippen LogP contribution >= 0.6 is 0 Å². The molecule has 0 rings (SSSR count). The molecule has 0 bridgehead atoms. The summed E-state index contributed by atoms with van der Waals surface area (Å²) >= 11 is 0. The highest BCUT2D eigenvalue weighted by Crippen LogP contribution is 2.16. The van der Waals surface area contributed by atoms with Gasteiger partial charge in [-0.25, -0.2) is 4.79 Å². The summed E-state index contributed by atoms with van der Waals surface area (Å²) in [5, 5.41) is 9.76. The third kappa shape index (κ3) is 73.7. The quantitative estimate of drug-likeness (QED) is 0.0211. The van der Waals surface area contributed by atoms with Crippen LogP contribution in [0.3, 0.4) is 0 Å². The Kier molecular flexibility index (Phi) is 67.9. The van der Waals surface area contributed by atoms with E-state index in [0.29, 0.717) is 23.9 Å². The smallest absolute Gasteiger partial charge is 0.361 e. The highest BCUT2D eigenvalue weighted by Gasteiger charge is 2.25. The molecule has 0 spiro atoms. The van der Waals surface area contributed by atoms with E-state index in [1.54, 1.807) is 0 Å². The molecular formula is C84H136NO8+. The second-order valence-corrected chi connectivity index (χ2v) is 25.1. The van der Waals surface area contributed by atoms with Gasteiger partial charge >= 0.3 is 17.9 Å². The normalized spacial score (nSPS) is 13.8. The molecule has 0 radical (unpaired) electrons. The predicted octanol–water partition coefficient (Wildman–Crippen LogP) is 23.6. The predicted molar refractivity (Wildman–Crippen MR) is 400 cm³/mol. The van der Waals surface area contributed by atoms with Gasteiger partial charge in [-0.15, -0.1) is 0 Å². The molecule has 93 heavy (non-hydrogen) atoms. The molecule has 9 nitrogen and oxygen atoms in total. The number of quaternary nitrogens is 1. The molecule has 9 heteroatoms. The fourth-order valence-electron chi connectivity index (χ4n) is 9.60. The number of aliphatic carboxylic acids is 1. The van der Waals surface area contributed by atoms with Crippen molar-refractivity contribution in [2.45, 2.75) is 283 Å². The van der Waals surface area contributed by atoms with Crippen LogP contribution in [0.5, 0.6) is 0 Å². The van der Waals surface area contributed by atoms with E-state index in [1.165, 1.54) is 83.5 Å². The highest BCUT2D eigenvalue weighted by atomic mass is 16.7. The largest absolute Gasteiger partial charge is 0.477 e. The average molecular weight is 1290 g/mol. The van der Waals surface area contributed by atoms with E-state index in [-0.39, 0.29) is 38.6 Å². The number of nitrogens with zero attached hydrogens (tertiary/aromatic N) is 1. The molecule has 1 N–H and O–H groups in total. The van der Waals surface area contributed by atoms with Crippen LogP contribution < -0.4 is 0 Å². The highest BCUT2D eigenvalue weighted by molar-refractivity contribution is 5.71. The molecule has 0 aliphatic heterocycles. The summed E-state index contributed by atoms with van der Waals surface area (Å²) in [6.07, 6.45) is 107. The van der Waals surface area contributed by atoms with E-state index in [9.17, 15) is 19.5 Å². The van der Waals surface area contributed by atoms with Gasteiger partial charge in [0.2, 0.25) is 0 Å². The fraction of sp³-hybridized carbons (Fsp3) is 0.607. The molecule has 0 aromatic carbocycles. The fourth-order valence-corrected chi connectivity index (χ4v) is 9.60. The number of carboxylic acid groups (broad SMARTS) is 1. The van der Waals surface area contributed by atoms with Gasteiger partial charge in [-0.1, -0.05) is 305 Å². The van der Waals surface area contributed by atoms with Crippen molar-refractivity contribution < 1.29 is 42.9 Å². The summed E-state index contributed by atoms with van der Waals surface area (Å²) in [5.74, 6) is -2.04. The molecule has 0 aliphatic carbocycles. The zero-order valence-corrected chi connectivity index (χ0v) is 59.8.